The second-order valence-electron chi connectivity index (χ2n) is 15.2. The molecule has 1 aliphatic rings. The Labute approximate surface area is 331 Å². The Hall–Kier alpha value is -2.85. The van der Waals surface area contributed by atoms with E-state index in [0.29, 0.717) is 25.8 Å². The maximum absolute atomic E-state index is 14.3. The van der Waals surface area contributed by atoms with Gasteiger partial charge in [-0.3, -0.25) is 19.2 Å². The summed E-state index contributed by atoms with van der Waals surface area (Å²) in [5.41, 5.74) is 0.782. The van der Waals surface area contributed by atoms with Crippen molar-refractivity contribution in [3.63, 3.8) is 0 Å². The van der Waals surface area contributed by atoms with E-state index < -0.39 is 60.2 Å². The van der Waals surface area contributed by atoms with Crippen molar-refractivity contribution < 1.29 is 38.6 Å². The first kappa shape index (κ1) is 47.3. The summed E-state index contributed by atoms with van der Waals surface area (Å²) in [6.07, 6.45) is 0.763. The van der Waals surface area contributed by atoms with Crippen LogP contribution in [-0.2, 0) is 39.9 Å². The normalized spacial score (nSPS) is 19.1. The number of methoxy groups -OCH3 is 2. The molecule has 0 bridgehead atoms. The van der Waals surface area contributed by atoms with Crippen molar-refractivity contribution in [1.82, 2.24) is 24.7 Å². The van der Waals surface area contributed by atoms with E-state index in [9.17, 15) is 29.1 Å². The second kappa shape index (κ2) is 22.6. The number of hydrogen-bond donors (Lipinski definition) is 4. The molecule has 1 aromatic rings. The third kappa shape index (κ3) is 12.6. The van der Waals surface area contributed by atoms with Crippen molar-refractivity contribution in [2.45, 2.75) is 123 Å². The molecule has 0 radical (unpaired) electrons. The highest BCUT2D eigenvalue weighted by Crippen LogP contribution is 2.30. The largest absolute Gasteiger partial charge is 0.480 e. The summed E-state index contributed by atoms with van der Waals surface area (Å²) < 4.78 is 13.6. The zero-order chi connectivity index (χ0) is 40.9. The predicted octanol–water partition coefficient (Wildman–Crippen LogP) is 4.31. The first-order valence-electron chi connectivity index (χ1n) is 19.0. The van der Waals surface area contributed by atoms with Gasteiger partial charge in [-0.2, -0.15) is 0 Å². The summed E-state index contributed by atoms with van der Waals surface area (Å²) in [4.78, 5) is 70.9. The monoisotopic (exact) mass is 795 g/mol. The van der Waals surface area contributed by atoms with Crippen LogP contribution >= 0.6 is 22.6 Å². The number of nitrogens with one attached hydrogen (secondary N) is 2. The van der Waals surface area contributed by atoms with Crippen LogP contribution < -0.4 is 10.6 Å². The zero-order valence-electron chi connectivity index (χ0n) is 34.0. The molecule has 9 atom stereocenters. The number of thiol groups is 1. The minimum Gasteiger partial charge on any atom is -0.480 e. The van der Waals surface area contributed by atoms with Gasteiger partial charge in [0.2, 0.25) is 23.6 Å². The maximum atomic E-state index is 14.3. The average molecular weight is 796 g/mol. The topological polar surface area (TPSA) is 158 Å². The number of likely N-dealkylation sites (tertiary alicyclic amines) is 1. The first-order valence-corrected chi connectivity index (χ1v) is 20.8. The van der Waals surface area contributed by atoms with Crippen LogP contribution in [0.2, 0.25) is 0 Å². The van der Waals surface area contributed by atoms with Crippen LogP contribution in [0.4, 0.5) is 0 Å². The number of carboxylic acids is 1. The van der Waals surface area contributed by atoms with Gasteiger partial charge in [-0.15, -0.1) is 0 Å². The van der Waals surface area contributed by atoms with Crippen molar-refractivity contribution in [3.05, 3.63) is 35.9 Å². The molecule has 0 spiro atoms. The Bertz CT molecular complexity index is 1370. The number of carbonyl (C=O) groups excluding carboxylic acids is 4. The van der Waals surface area contributed by atoms with Gasteiger partial charge in [0, 0.05) is 34.2 Å². The van der Waals surface area contributed by atoms with Crippen molar-refractivity contribution in [2.75, 3.05) is 34.9 Å². The van der Waals surface area contributed by atoms with Gasteiger partial charge in [0.05, 0.1) is 36.6 Å². The molecule has 1 aromatic carbocycles. The number of ether oxygens (including phenoxy) is 2. The number of benzene rings is 1. The number of likely N-dealkylation sites (N-methyl/N-ethyl adjacent to an activating group) is 2. The Balaban J connectivity index is 2.28. The van der Waals surface area contributed by atoms with Crippen molar-refractivity contribution in [1.29, 1.82) is 0 Å². The van der Waals surface area contributed by atoms with Gasteiger partial charge in [-0.25, -0.2) is 9.10 Å². The third-order valence-corrected chi connectivity index (χ3v) is 12.1. The lowest BCUT2D eigenvalue weighted by Crippen LogP contribution is -2.59. The van der Waals surface area contributed by atoms with Crippen LogP contribution in [0.3, 0.4) is 0 Å². The van der Waals surface area contributed by atoms with Crippen molar-refractivity contribution in [2.24, 2.45) is 23.7 Å². The smallest absolute Gasteiger partial charge is 0.326 e. The molecule has 0 unspecified atom stereocenters. The van der Waals surface area contributed by atoms with Gasteiger partial charge in [0.25, 0.3) is 0 Å². The lowest BCUT2D eigenvalue weighted by molar-refractivity contribution is -0.148. The number of carboxylic acid groups (broad SMARTS) is 1. The zero-order valence-corrected chi connectivity index (χ0v) is 35.7. The fourth-order valence-electron chi connectivity index (χ4n) is 7.57. The van der Waals surface area contributed by atoms with E-state index in [4.69, 9.17) is 9.47 Å². The summed E-state index contributed by atoms with van der Waals surface area (Å²) in [5.74, 6) is -3.41. The Morgan fingerprint density at radius 1 is 0.963 bits per heavy atom. The lowest BCUT2D eigenvalue weighted by atomic mass is 9.89. The summed E-state index contributed by atoms with van der Waals surface area (Å²) in [7, 11) is 7.67. The minimum absolute atomic E-state index is 0.0209. The molecule has 3 N–H and O–H groups in total. The van der Waals surface area contributed by atoms with E-state index in [1.54, 1.807) is 35.1 Å². The molecule has 15 heteroatoms. The third-order valence-electron chi connectivity index (χ3n) is 10.8. The fraction of sp³-hybridized carbons (Fsp3) is 0.718. The SMILES string of the molecule is CC[C@H](C)[C@@H]([C@@H](CC(=O)N1CCC[C@H]1[C@H](OC)[C@@H](C)C(=O)N[C@@H](Cc1ccccc1)C(=O)O)OC)N(C)C(=O)[C@@H](NC(=O)[C@H](C(C)C)N(C)SS)C(C)C. The summed E-state index contributed by atoms with van der Waals surface area (Å²) in [6.45, 7) is 13.8. The van der Waals surface area contributed by atoms with Crippen LogP contribution in [0.25, 0.3) is 0 Å². The molecule has 13 nitrogen and oxygen atoms in total. The summed E-state index contributed by atoms with van der Waals surface area (Å²) >= 11 is 4.27. The molecule has 2 rings (SSSR count). The highest BCUT2D eigenvalue weighted by Gasteiger charge is 2.43. The van der Waals surface area contributed by atoms with E-state index in [2.05, 4.69) is 22.3 Å². The first-order chi connectivity index (χ1) is 25.4. The number of amides is 4. The molecular formula is C39H65N5O8S2. The van der Waals surface area contributed by atoms with Crippen LogP contribution in [0.1, 0.15) is 79.7 Å². The van der Waals surface area contributed by atoms with Gasteiger partial charge in [0.15, 0.2) is 0 Å². The number of hydrogen-bond acceptors (Lipinski definition) is 10. The van der Waals surface area contributed by atoms with Gasteiger partial charge >= 0.3 is 5.97 Å². The molecule has 4 amide bonds. The number of aliphatic carboxylic acids is 1. The van der Waals surface area contributed by atoms with E-state index in [0.717, 1.165) is 16.5 Å². The van der Waals surface area contributed by atoms with Crippen molar-refractivity contribution in [3.8, 4) is 0 Å². The Morgan fingerprint density at radius 2 is 1.59 bits per heavy atom. The quantitative estimate of drug-likeness (QED) is 0.0758. The van der Waals surface area contributed by atoms with Gasteiger partial charge in [0.1, 0.15) is 18.1 Å². The van der Waals surface area contributed by atoms with Crippen LogP contribution in [-0.4, -0.2) is 126 Å². The molecule has 0 aromatic heterocycles. The molecule has 1 aliphatic heterocycles. The van der Waals surface area contributed by atoms with E-state index in [1.165, 1.54) is 14.2 Å². The Morgan fingerprint density at radius 3 is 2.09 bits per heavy atom. The summed E-state index contributed by atoms with van der Waals surface area (Å²) in [5, 5.41) is 15.6. The van der Waals surface area contributed by atoms with Crippen molar-refractivity contribution >= 4 is 52.2 Å². The fourth-order valence-corrected chi connectivity index (χ4v) is 8.31. The number of rotatable bonds is 22. The van der Waals surface area contributed by atoms with Gasteiger partial charge in [-0.05, 0) is 54.2 Å². The van der Waals surface area contributed by atoms with E-state index in [-0.39, 0.29) is 48.3 Å². The molecule has 54 heavy (non-hydrogen) atoms. The van der Waals surface area contributed by atoms with E-state index >= 15 is 0 Å². The highest BCUT2D eigenvalue weighted by atomic mass is 33.1. The van der Waals surface area contributed by atoms with Crippen LogP contribution in [0, 0.1) is 23.7 Å². The lowest BCUT2D eigenvalue weighted by Gasteiger charge is -2.41. The van der Waals surface area contributed by atoms with E-state index in [1.807, 2.05) is 71.9 Å². The molecular weight excluding hydrogens is 731 g/mol. The number of nitrogens with zero attached hydrogens (tertiary/aromatic N) is 3. The van der Waals surface area contributed by atoms with Gasteiger partial charge < -0.3 is 35.0 Å². The van der Waals surface area contributed by atoms with Crippen LogP contribution in [0.15, 0.2) is 30.3 Å². The maximum Gasteiger partial charge on any atom is 0.326 e. The Kier molecular flexibility index (Phi) is 19.8. The van der Waals surface area contributed by atoms with Crippen LogP contribution in [0.5, 0.6) is 0 Å². The molecule has 1 fully saturated rings. The van der Waals surface area contributed by atoms with Gasteiger partial charge in [-0.1, -0.05) is 96.9 Å². The second-order valence-corrected chi connectivity index (χ2v) is 16.5. The highest BCUT2D eigenvalue weighted by molar-refractivity contribution is 8.67. The molecule has 306 valence electrons. The minimum atomic E-state index is -1.14. The molecule has 1 heterocycles. The molecule has 0 saturated carbocycles. The number of carbonyl (C=O) groups is 5. The standard InChI is InChI=1S/C39H65N5O8S2/c1-12-25(6)34(42(8)38(48)32(23(2)3)41-37(47)33(24(4)5)43(9)54-53)30(51-10)22-31(45)44-20-16-19-29(44)35(52-11)26(7)36(46)40-28(39(49)50)21-27-17-14-13-15-18-27/h13-15,17-18,23-26,28-30,32-35,53H,12,16,19-22H2,1-11H3,(H,40,46)(H,41,47)(H,49,50)/t25-,26+,28-,29-,30+,32-,33-,34-,35+/m0/s1. The summed E-state index contributed by atoms with van der Waals surface area (Å²) in [6, 6.07) is 5.72. The predicted molar refractivity (Wildman–Crippen MR) is 216 cm³/mol. The molecule has 0 aliphatic carbocycles. The average Bonchev–Trinajstić information content (AvgIpc) is 3.62. The molecule has 1 saturated heterocycles.